The molecule has 4 rings (SSSR count). The summed E-state index contributed by atoms with van der Waals surface area (Å²) in [4.78, 5) is 19.2. The van der Waals surface area contributed by atoms with E-state index in [9.17, 15) is 4.79 Å². The zero-order valence-electron chi connectivity index (χ0n) is 14.7. The van der Waals surface area contributed by atoms with Gasteiger partial charge in [-0.25, -0.2) is 4.98 Å². The topological polar surface area (TPSA) is 76.2 Å². The molecule has 25 heavy (non-hydrogen) atoms. The van der Waals surface area contributed by atoms with E-state index in [1.54, 1.807) is 17.8 Å². The molecule has 2 bridgehead atoms. The number of halogens is 1. The quantitative estimate of drug-likeness (QED) is 0.902. The maximum Gasteiger partial charge on any atom is 0.276 e. The molecule has 4 heterocycles. The SMILES string of the molecule is Cc1oc(-c2cnn(C)c2)nc1C(=O)N(C)C1CC2CCC(C1)N2.Cl. The van der Waals surface area contributed by atoms with Gasteiger partial charge in [0, 0.05) is 38.4 Å². The van der Waals surface area contributed by atoms with Gasteiger partial charge in [0.1, 0.15) is 5.76 Å². The minimum Gasteiger partial charge on any atom is -0.440 e. The molecule has 8 heteroatoms. The fourth-order valence-electron chi connectivity index (χ4n) is 3.93. The molecule has 7 nitrogen and oxygen atoms in total. The molecule has 2 fully saturated rings. The summed E-state index contributed by atoms with van der Waals surface area (Å²) in [6.07, 6.45) is 7.99. The first-order valence-electron chi connectivity index (χ1n) is 8.51. The number of carbonyl (C=O) groups is 1. The summed E-state index contributed by atoms with van der Waals surface area (Å²) in [7, 11) is 3.72. The van der Waals surface area contributed by atoms with Crippen molar-refractivity contribution in [2.24, 2.45) is 7.05 Å². The normalized spacial score (nSPS) is 24.8. The molecular weight excluding hydrogens is 342 g/mol. The Morgan fingerprint density at radius 1 is 1.36 bits per heavy atom. The highest BCUT2D eigenvalue weighted by atomic mass is 35.5. The third-order valence-corrected chi connectivity index (χ3v) is 5.27. The van der Waals surface area contributed by atoms with Crippen molar-refractivity contribution in [1.82, 2.24) is 25.0 Å². The monoisotopic (exact) mass is 365 g/mol. The Bertz CT molecular complexity index is 759. The van der Waals surface area contributed by atoms with E-state index in [0.29, 0.717) is 29.4 Å². The summed E-state index contributed by atoms with van der Waals surface area (Å²) < 4.78 is 7.39. The van der Waals surface area contributed by atoms with Gasteiger partial charge in [0.15, 0.2) is 5.69 Å². The molecule has 2 saturated heterocycles. The first-order valence-corrected chi connectivity index (χ1v) is 8.51. The Kier molecular flexibility index (Phi) is 4.88. The number of oxazole rings is 1. The lowest BCUT2D eigenvalue weighted by Crippen LogP contribution is -2.48. The highest BCUT2D eigenvalue weighted by Gasteiger charge is 2.37. The summed E-state index contributed by atoms with van der Waals surface area (Å²) in [5.41, 5.74) is 1.18. The van der Waals surface area contributed by atoms with Gasteiger partial charge in [0.25, 0.3) is 5.91 Å². The molecule has 0 aromatic carbocycles. The molecule has 0 radical (unpaired) electrons. The molecule has 2 aromatic heterocycles. The van der Waals surface area contributed by atoms with Gasteiger partial charge in [0.2, 0.25) is 5.89 Å². The number of amides is 1. The lowest BCUT2D eigenvalue weighted by Gasteiger charge is -2.35. The highest BCUT2D eigenvalue weighted by molar-refractivity contribution is 5.93. The number of piperidine rings is 1. The maximum atomic E-state index is 12.9. The number of carbonyl (C=O) groups excluding carboxylic acids is 1. The van der Waals surface area contributed by atoms with E-state index in [-0.39, 0.29) is 24.4 Å². The minimum atomic E-state index is -0.0577. The molecule has 1 amide bonds. The second-order valence-corrected chi connectivity index (χ2v) is 7.01. The van der Waals surface area contributed by atoms with Crippen LogP contribution in [0, 0.1) is 6.92 Å². The predicted octanol–water partition coefficient (Wildman–Crippen LogP) is 2.16. The first kappa shape index (κ1) is 17.9. The molecule has 136 valence electrons. The molecular formula is C17H24ClN5O2. The summed E-state index contributed by atoms with van der Waals surface area (Å²) in [5.74, 6) is 0.947. The van der Waals surface area contributed by atoms with Crippen molar-refractivity contribution < 1.29 is 9.21 Å². The van der Waals surface area contributed by atoms with Crippen LogP contribution in [0.15, 0.2) is 16.8 Å². The molecule has 2 atom stereocenters. The van der Waals surface area contributed by atoms with Crippen molar-refractivity contribution in [2.45, 2.75) is 50.7 Å². The van der Waals surface area contributed by atoms with Crippen LogP contribution in [0.25, 0.3) is 11.5 Å². The molecule has 1 N–H and O–H groups in total. The van der Waals surface area contributed by atoms with E-state index >= 15 is 0 Å². The zero-order chi connectivity index (χ0) is 16.8. The van der Waals surface area contributed by atoms with Gasteiger partial charge >= 0.3 is 0 Å². The zero-order valence-corrected chi connectivity index (χ0v) is 15.5. The van der Waals surface area contributed by atoms with E-state index in [2.05, 4.69) is 15.4 Å². The molecule has 2 unspecified atom stereocenters. The summed E-state index contributed by atoms with van der Waals surface area (Å²) in [5, 5.41) is 7.74. The lowest BCUT2D eigenvalue weighted by molar-refractivity contribution is 0.0674. The Hall–Kier alpha value is -1.86. The van der Waals surface area contributed by atoms with Crippen LogP contribution in [-0.4, -0.2) is 50.7 Å². The fraction of sp³-hybridized carbons (Fsp3) is 0.588. The molecule has 2 aromatic rings. The van der Waals surface area contributed by atoms with Gasteiger partial charge in [-0.2, -0.15) is 5.10 Å². The summed E-state index contributed by atoms with van der Waals surface area (Å²) in [6, 6.07) is 1.37. The number of nitrogens with zero attached hydrogens (tertiary/aromatic N) is 4. The average Bonchev–Trinajstić information content (AvgIpc) is 3.25. The van der Waals surface area contributed by atoms with E-state index in [0.717, 1.165) is 18.4 Å². The van der Waals surface area contributed by atoms with Gasteiger partial charge in [0.05, 0.1) is 11.8 Å². The van der Waals surface area contributed by atoms with Crippen molar-refractivity contribution >= 4 is 18.3 Å². The second-order valence-electron chi connectivity index (χ2n) is 7.01. The Balaban J connectivity index is 0.00000182. The van der Waals surface area contributed by atoms with Crippen LogP contribution in [0.3, 0.4) is 0 Å². The first-order chi connectivity index (χ1) is 11.5. The molecule has 0 spiro atoms. The van der Waals surface area contributed by atoms with Gasteiger partial charge in [-0.3, -0.25) is 9.48 Å². The van der Waals surface area contributed by atoms with Crippen LogP contribution >= 0.6 is 12.4 Å². The molecule has 0 saturated carbocycles. The number of fused-ring (bicyclic) bond motifs is 2. The second kappa shape index (κ2) is 6.80. The van der Waals surface area contributed by atoms with Crippen LogP contribution in [-0.2, 0) is 7.05 Å². The summed E-state index contributed by atoms with van der Waals surface area (Å²) >= 11 is 0. The Morgan fingerprint density at radius 2 is 2.04 bits per heavy atom. The molecule has 2 aliphatic heterocycles. The van der Waals surface area contributed by atoms with Gasteiger partial charge in [-0.15, -0.1) is 12.4 Å². The number of nitrogens with one attached hydrogen (secondary N) is 1. The highest BCUT2D eigenvalue weighted by Crippen LogP contribution is 2.30. The van der Waals surface area contributed by atoms with Crippen molar-refractivity contribution in [3.63, 3.8) is 0 Å². The molecule has 2 aliphatic rings. The standard InChI is InChI=1S/C17H23N5O2.ClH/c1-10-15(20-16(24-10)11-8-18-21(2)9-11)17(23)22(3)14-6-12-4-5-13(7-14)19-12;/h8-9,12-14,19H,4-7H2,1-3H3;1H. The number of aryl methyl sites for hydroxylation is 2. The number of hydrogen-bond donors (Lipinski definition) is 1. The van der Waals surface area contributed by atoms with E-state index in [1.807, 2.05) is 25.2 Å². The minimum absolute atomic E-state index is 0. The van der Waals surface area contributed by atoms with E-state index in [4.69, 9.17) is 4.42 Å². The van der Waals surface area contributed by atoms with Crippen molar-refractivity contribution in [3.05, 3.63) is 23.8 Å². The van der Waals surface area contributed by atoms with Crippen LogP contribution in [0.4, 0.5) is 0 Å². The Labute approximate surface area is 153 Å². The maximum absolute atomic E-state index is 12.9. The number of aromatic nitrogens is 3. The third-order valence-electron chi connectivity index (χ3n) is 5.27. The predicted molar refractivity (Wildman–Crippen MR) is 95.8 cm³/mol. The van der Waals surface area contributed by atoms with E-state index in [1.165, 1.54) is 12.8 Å². The number of rotatable bonds is 3. The van der Waals surface area contributed by atoms with Gasteiger partial charge < -0.3 is 14.6 Å². The van der Waals surface area contributed by atoms with Crippen molar-refractivity contribution in [2.75, 3.05) is 7.05 Å². The Morgan fingerprint density at radius 3 is 2.64 bits per heavy atom. The van der Waals surface area contributed by atoms with Crippen LogP contribution in [0.1, 0.15) is 41.9 Å². The van der Waals surface area contributed by atoms with Crippen molar-refractivity contribution in [1.29, 1.82) is 0 Å². The van der Waals surface area contributed by atoms with Crippen LogP contribution < -0.4 is 5.32 Å². The summed E-state index contributed by atoms with van der Waals surface area (Å²) in [6.45, 7) is 1.79. The molecule has 0 aliphatic carbocycles. The average molecular weight is 366 g/mol. The largest absolute Gasteiger partial charge is 0.440 e. The van der Waals surface area contributed by atoms with Gasteiger partial charge in [-0.05, 0) is 32.6 Å². The van der Waals surface area contributed by atoms with E-state index < -0.39 is 0 Å². The van der Waals surface area contributed by atoms with Crippen LogP contribution in [0.2, 0.25) is 0 Å². The van der Waals surface area contributed by atoms with Crippen molar-refractivity contribution in [3.8, 4) is 11.5 Å². The lowest BCUT2D eigenvalue weighted by atomic mass is 9.98. The van der Waals surface area contributed by atoms with Crippen LogP contribution in [0.5, 0.6) is 0 Å². The smallest absolute Gasteiger partial charge is 0.276 e. The fourth-order valence-corrected chi connectivity index (χ4v) is 3.93. The van der Waals surface area contributed by atoms with Gasteiger partial charge in [-0.1, -0.05) is 0 Å². The number of hydrogen-bond acceptors (Lipinski definition) is 5. The third kappa shape index (κ3) is 3.30.